The minimum absolute atomic E-state index is 0.531. The third kappa shape index (κ3) is 5.89. The highest BCUT2D eigenvalue weighted by Gasteiger charge is 2.06. The molecule has 24 heavy (non-hydrogen) atoms. The van der Waals surface area contributed by atoms with Gasteiger partial charge in [0.25, 0.3) is 0 Å². The number of methoxy groups -OCH3 is 2. The fourth-order valence-corrected chi connectivity index (χ4v) is 2.82. The van der Waals surface area contributed by atoms with E-state index < -0.39 is 0 Å². The Bertz CT molecular complexity index is 598. The molecule has 0 radical (unpaired) electrons. The zero-order valence-corrected chi connectivity index (χ0v) is 15.0. The van der Waals surface area contributed by atoms with Gasteiger partial charge in [-0.2, -0.15) is 0 Å². The number of nitrogens with one attached hydrogen (secondary N) is 1. The highest BCUT2D eigenvalue weighted by molar-refractivity contribution is 5.40. The average molecular weight is 327 g/mol. The Morgan fingerprint density at radius 2 is 1.75 bits per heavy atom. The minimum Gasteiger partial charge on any atom is -0.497 e. The maximum Gasteiger partial charge on any atom is 0.125 e. The van der Waals surface area contributed by atoms with E-state index in [4.69, 9.17) is 9.47 Å². The molecule has 0 aromatic heterocycles. The second-order valence-electron chi connectivity index (χ2n) is 6.16. The number of benzene rings is 2. The highest BCUT2D eigenvalue weighted by Crippen LogP contribution is 2.25. The van der Waals surface area contributed by atoms with Crippen LogP contribution in [-0.4, -0.2) is 26.8 Å². The third-order valence-corrected chi connectivity index (χ3v) is 4.32. The average Bonchev–Trinajstić information content (AvgIpc) is 2.64. The van der Waals surface area contributed by atoms with Crippen molar-refractivity contribution in [1.82, 2.24) is 5.32 Å². The van der Waals surface area contributed by atoms with E-state index in [0.29, 0.717) is 6.04 Å². The molecule has 0 amide bonds. The van der Waals surface area contributed by atoms with Crippen molar-refractivity contribution in [3.05, 3.63) is 59.7 Å². The third-order valence-electron chi connectivity index (χ3n) is 4.32. The van der Waals surface area contributed by atoms with Gasteiger partial charge in [-0.15, -0.1) is 0 Å². The molecule has 0 saturated carbocycles. The van der Waals surface area contributed by atoms with E-state index in [1.165, 1.54) is 11.1 Å². The standard InChI is InChI=1S/C21H29NO2/c1-17(11-12-18-8-5-4-6-9-18)22-15-7-10-19-13-14-20(23-2)16-21(19)24-3/h4-6,8-9,13-14,16-17,22H,7,10-12,15H2,1-3H3. The maximum absolute atomic E-state index is 5.45. The lowest BCUT2D eigenvalue weighted by Crippen LogP contribution is -2.27. The van der Waals surface area contributed by atoms with Crippen molar-refractivity contribution < 1.29 is 9.47 Å². The van der Waals surface area contributed by atoms with Crippen LogP contribution < -0.4 is 14.8 Å². The van der Waals surface area contributed by atoms with Gasteiger partial charge in [-0.3, -0.25) is 0 Å². The molecule has 0 aliphatic carbocycles. The Labute approximate surface area is 146 Å². The lowest BCUT2D eigenvalue weighted by molar-refractivity contribution is 0.390. The minimum atomic E-state index is 0.531. The Morgan fingerprint density at radius 1 is 0.958 bits per heavy atom. The van der Waals surface area contributed by atoms with Gasteiger partial charge in [0.2, 0.25) is 0 Å². The van der Waals surface area contributed by atoms with E-state index in [1.807, 2.05) is 12.1 Å². The van der Waals surface area contributed by atoms with E-state index in [1.54, 1.807) is 14.2 Å². The first-order chi connectivity index (χ1) is 11.7. The molecule has 1 N–H and O–H groups in total. The Balaban J connectivity index is 1.69. The van der Waals surface area contributed by atoms with Crippen LogP contribution in [-0.2, 0) is 12.8 Å². The first-order valence-corrected chi connectivity index (χ1v) is 8.71. The Morgan fingerprint density at radius 3 is 2.46 bits per heavy atom. The van der Waals surface area contributed by atoms with Crippen molar-refractivity contribution in [2.75, 3.05) is 20.8 Å². The number of rotatable bonds is 10. The Kier molecular flexibility index (Phi) is 7.63. The molecule has 0 heterocycles. The van der Waals surface area contributed by atoms with Gasteiger partial charge in [-0.05, 0) is 56.3 Å². The van der Waals surface area contributed by atoms with Crippen LogP contribution in [0.25, 0.3) is 0 Å². The van der Waals surface area contributed by atoms with Crippen molar-refractivity contribution in [1.29, 1.82) is 0 Å². The molecule has 1 atom stereocenters. The summed E-state index contributed by atoms with van der Waals surface area (Å²) in [5.41, 5.74) is 2.64. The van der Waals surface area contributed by atoms with Crippen LogP contribution >= 0.6 is 0 Å². The highest BCUT2D eigenvalue weighted by atomic mass is 16.5. The van der Waals surface area contributed by atoms with Crippen molar-refractivity contribution >= 4 is 0 Å². The van der Waals surface area contributed by atoms with Gasteiger partial charge in [-0.1, -0.05) is 36.4 Å². The molecule has 2 aromatic rings. The van der Waals surface area contributed by atoms with Crippen LogP contribution in [0.2, 0.25) is 0 Å². The fraction of sp³-hybridized carbons (Fsp3) is 0.429. The van der Waals surface area contributed by atoms with Crippen molar-refractivity contribution in [3.8, 4) is 11.5 Å². The first kappa shape index (κ1) is 18.3. The van der Waals surface area contributed by atoms with Gasteiger partial charge < -0.3 is 14.8 Å². The Hall–Kier alpha value is -2.00. The lowest BCUT2D eigenvalue weighted by atomic mass is 10.1. The van der Waals surface area contributed by atoms with Crippen LogP contribution in [0.4, 0.5) is 0 Å². The molecule has 130 valence electrons. The van der Waals surface area contributed by atoms with E-state index in [-0.39, 0.29) is 0 Å². The SMILES string of the molecule is COc1ccc(CCCNC(C)CCc2ccccc2)c(OC)c1. The number of aryl methyl sites for hydroxylation is 2. The van der Waals surface area contributed by atoms with E-state index in [0.717, 1.165) is 43.7 Å². The second kappa shape index (κ2) is 9.99. The van der Waals surface area contributed by atoms with Gasteiger partial charge in [0.15, 0.2) is 0 Å². The first-order valence-electron chi connectivity index (χ1n) is 8.71. The quantitative estimate of drug-likeness (QED) is 0.662. The lowest BCUT2D eigenvalue weighted by Gasteiger charge is -2.14. The van der Waals surface area contributed by atoms with E-state index in [9.17, 15) is 0 Å². The molecule has 2 aromatic carbocycles. The summed E-state index contributed by atoms with van der Waals surface area (Å²) >= 11 is 0. The number of hydrogen-bond acceptors (Lipinski definition) is 3. The summed E-state index contributed by atoms with van der Waals surface area (Å²) in [5, 5.41) is 3.62. The van der Waals surface area contributed by atoms with Crippen LogP contribution in [0.15, 0.2) is 48.5 Å². The predicted molar refractivity (Wildman–Crippen MR) is 100 cm³/mol. The summed E-state index contributed by atoms with van der Waals surface area (Å²) in [4.78, 5) is 0. The topological polar surface area (TPSA) is 30.5 Å². The summed E-state index contributed by atoms with van der Waals surface area (Å²) in [5.74, 6) is 1.75. The zero-order chi connectivity index (χ0) is 17.2. The summed E-state index contributed by atoms with van der Waals surface area (Å²) in [6, 6.07) is 17.2. The molecular formula is C21H29NO2. The largest absolute Gasteiger partial charge is 0.497 e. The summed E-state index contributed by atoms with van der Waals surface area (Å²) in [6.45, 7) is 3.28. The number of ether oxygens (including phenoxy) is 2. The zero-order valence-electron chi connectivity index (χ0n) is 15.0. The normalized spacial score (nSPS) is 12.0. The molecule has 0 aliphatic rings. The molecule has 0 fully saturated rings. The second-order valence-corrected chi connectivity index (χ2v) is 6.16. The summed E-state index contributed by atoms with van der Waals surface area (Å²) in [7, 11) is 3.39. The fourth-order valence-electron chi connectivity index (χ4n) is 2.82. The van der Waals surface area contributed by atoms with Crippen LogP contribution in [0.3, 0.4) is 0 Å². The molecule has 3 heteroatoms. The summed E-state index contributed by atoms with van der Waals surface area (Å²) < 4.78 is 10.7. The van der Waals surface area contributed by atoms with Crippen LogP contribution in [0.5, 0.6) is 11.5 Å². The van der Waals surface area contributed by atoms with Crippen molar-refractivity contribution in [2.24, 2.45) is 0 Å². The van der Waals surface area contributed by atoms with Crippen molar-refractivity contribution in [3.63, 3.8) is 0 Å². The van der Waals surface area contributed by atoms with E-state index >= 15 is 0 Å². The van der Waals surface area contributed by atoms with E-state index in [2.05, 4.69) is 48.6 Å². The van der Waals surface area contributed by atoms with Gasteiger partial charge in [-0.25, -0.2) is 0 Å². The molecule has 0 spiro atoms. The molecule has 0 saturated heterocycles. The van der Waals surface area contributed by atoms with Gasteiger partial charge >= 0.3 is 0 Å². The smallest absolute Gasteiger partial charge is 0.125 e. The van der Waals surface area contributed by atoms with Gasteiger partial charge in [0.1, 0.15) is 11.5 Å². The van der Waals surface area contributed by atoms with Gasteiger partial charge in [0.05, 0.1) is 14.2 Å². The molecule has 2 rings (SSSR count). The summed E-state index contributed by atoms with van der Waals surface area (Å²) in [6.07, 6.45) is 4.39. The maximum atomic E-state index is 5.45. The number of hydrogen-bond donors (Lipinski definition) is 1. The molecule has 0 aliphatic heterocycles. The van der Waals surface area contributed by atoms with Crippen LogP contribution in [0, 0.1) is 0 Å². The monoisotopic (exact) mass is 327 g/mol. The molecule has 0 bridgehead atoms. The molecule has 1 unspecified atom stereocenters. The molecule has 3 nitrogen and oxygen atoms in total. The van der Waals surface area contributed by atoms with Gasteiger partial charge in [0, 0.05) is 12.1 Å². The molecular weight excluding hydrogens is 298 g/mol. The van der Waals surface area contributed by atoms with Crippen molar-refractivity contribution in [2.45, 2.75) is 38.6 Å². The van der Waals surface area contributed by atoms with Crippen LogP contribution in [0.1, 0.15) is 30.9 Å². The predicted octanol–water partition coefficient (Wildman–Crippen LogP) is 4.25.